The van der Waals surface area contributed by atoms with Crippen molar-refractivity contribution in [2.24, 2.45) is 4.99 Å². The molecule has 0 aliphatic carbocycles. The van der Waals surface area contributed by atoms with E-state index < -0.39 is 0 Å². The maximum Gasteiger partial charge on any atom is 0.253 e. The number of hydrogen-bond acceptors (Lipinski definition) is 3. The highest BCUT2D eigenvalue weighted by atomic mass is 127. The van der Waals surface area contributed by atoms with Crippen LogP contribution in [0.3, 0.4) is 0 Å². The van der Waals surface area contributed by atoms with Gasteiger partial charge in [0, 0.05) is 55.8 Å². The van der Waals surface area contributed by atoms with E-state index in [0.29, 0.717) is 6.54 Å². The number of aliphatic imine (C=N–C) groups is 1. The molecule has 0 unspecified atom stereocenters. The van der Waals surface area contributed by atoms with Crippen LogP contribution in [0.5, 0.6) is 0 Å². The quantitative estimate of drug-likeness (QED) is 0.377. The molecule has 1 aromatic carbocycles. The van der Waals surface area contributed by atoms with Crippen LogP contribution >= 0.6 is 35.7 Å². The lowest BCUT2D eigenvalue weighted by atomic mass is 10.1. The van der Waals surface area contributed by atoms with Crippen molar-refractivity contribution in [3.63, 3.8) is 0 Å². The number of nitrogens with one attached hydrogen (secondary N) is 1. The number of thioether (sulfide) groups is 1. The molecular weight excluding hydrogens is 483 g/mol. The maximum absolute atomic E-state index is 12.7. The van der Waals surface area contributed by atoms with E-state index in [1.807, 2.05) is 41.9 Å². The standard InChI is InChI=1S/C21H32N4OS.HI/c1-21(2)16-25(12-13-27-21)20(22-3)23-15-17-8-7-9-18(14-17)19(26)24-10-5-4-6-11-24;/h7-9,14H,4-6,10-13,15-16H2,1-3H3,(H,22,23);1H. The molecule has 2 aliphatic rings. The van der Waals surface area contributed by atoms with Crippen molar-refractivity contribution in [2.45, 2.75) is 44.4 Å². The zero-order valence-corrected chi connectivity index (χ0v) is 20.4. The topological polar surface area (TPSA) is 47.9 Å². The van der Waals surface area contributed by atoms with Gasteiger partial charge in [-0.15, -0.1) is 24.0 Å². The molecule has 2 aliphatic heterocycles. The van der Waals surface area contributed by atoms with Crippen molar-refractivity contribution in [3.8, 4) is 0 Å². The molecule has 2 heterocycles. The molecule has 2 saturated heterocycles. The monoisotopic (exact) mass is 516 g/mol. The summed E-state index contributed by atoms with van der Waals surface area (Å²) in [4.78, 5) is 21.5. The number of guanidine groups is 1. The molecule has 2 fully saturated rings. The molecule has 1 amide bonds. The van der Waals surface area contributed by atoms with Crippen LogP contribution in [-0.2, 0) is 6.54 Å². The van der Waals surface area contributed by atoms with Gasteiger partial charge in [-0.1, -0.05) is 12.1 Å². The van der Waals surface area contributed by atoms with E-state index >= 15 is 0 Å². The largest absolute Gasteiger partial charge is 0.352 e. The average Bonchev–Trinajstić information content (AvgIpc) is 2.68. The van der Waals surface area contributed by atoms with Crippen LogP contribution in [0.1, 0.15) is 49.0 Å². The van der Waals surface area contributed by atoms with E-state index in [0.717, 1.165) is 61.9 Å². The molecule has 3 rings (SSSR count). The van der Waals surface area contributed by atoms with Gasteiger partial charge in [0.25, 0.3) is 5.91 Å². The summed E-state index contributed by atoms with van der Waals surface area (Å²) >= 11 is 2.02. The summed E-state index contributed by atoms with van der Waals surface area (Å²) in [6, 6.07) is 8.01. The second kappa shape index (κ2) is 10.7. The third-order valence-electron chi connectivity index (χ3n) is 5.20. The summed E-state index contributed by atoms with van der Waals surface area (Å²) in [7, 11) is 1.84. The molecule has 0 atom stereocenters. The molecule has 0 bridgehead atoms. The van der Waals surface area contributed by atoms with Gasteiger partial charge in [-0.05, 0) is 50.8 Å². The number of carbonyl (C=O) groups excluding carboxylic acids is 1. The smallest absolute Gasteiger partial charge is 0.253 e. The number of hydrogen-bond donors (Lipinski definition) is 1. The van der Waals surface area contributed by atoms with Crippen molar-refractivity contribution in [3.05, 3.63) is 35.4 Å². The Morgan fingerprint density at radius 2 is 1.93 bits per heavy atom. The highest BCUT2D eigenvalue weighted by molar-refractivity contribution is 14.0. The van der Waals surface area contributed by atoms with E-state index in [1.54, 1.807) is 0 Å². The molecule has 0 spiro atoms. The fourth-order valence-electron chi connectivity index (χ4n) is 3.80. The Morgan fingerprint density at radius 3 is 2.61 bits per heavy atom. The van der Waals surface area contributed by atoms with Crippen molar-refractivity contribution in [2.75, 3.05) is 39.0 Å². The first kappa shape index (κ1) is 23.3. The third kappa shape index (κ3) is 6.27. The number of halogens is 1. The highest BCUT2D eigenvalue weighted by Crippen LogP contribution is 2.29. The lowest BCUT2D eigenvalue weighted by molar-refractivity contribution is 0.0724. The minimum atomic E-state index is 0. The Bertz CT molecular complexity index is 689. The van der Waals surface area contributed by atoms with Crippen LogP contribution in [-0.4, -0.2) is 65.4 Å². The molecular formula is C21H33IN4OS. The Labute approximate surface area is 190 Å². The van der Waals surface area contributed by atoms with Crippen LogP contribution in [0.25, 0.3) is 0 Å². The normalized spacial score (nSPS) is 19.8. The van der Waals surface area contributed by atoms with E-state index in [9.17, 15) is 4.79 Å². The molecule has 156 valence electrons. The number of likely N-dealkylation sites (tertiary alicyclic amines) is 1. The Morgan fingerprint density at radius 1 is 1.18 bits per heavy atom. The van der Waals surface area contributed by atoms with Crippen molar-refractivity contribution in [1.29, 1.82) is 0 Å². The zero-order valence-electron chi connectivity index (χ0n) is 17.2. The molecule has 5 nitrogen and oxygen atoms in total. The van der Waals surface area contributed by atoms with Gasteiger partial charge in [-0.3, -0.25) is 9.79 Å². The van der Waals surface area contributed by atoms with E-state index in [1.165, 1.54) is 6.42 Å². The van der Waals surface area contributed by atoms with Gasteiger partial charge in [-0.25, -0.2) is 0 Å². The van der Waals surface area contributed by atoms with E-state index in [-0.39, 0.29) is 34.6 Å². The molecule has 7 heteroatoms. The van der Waals surface area contributed by atoms with Gasteiger partial charge >= 0.3 is 0 Å². The molecule has 1 aromatic rings. The van der Waals surface area contributed by atoms with E-state index in [4.69, 9.17) is 0 Å². The first-order valence-electron chi connectivity index (χ1n) is 9.96. The number of amides is 1. The molecule has 0 saturated carbocycles. The third-order valence-corrected chi connectivity index (χ3v) is 6.50. The molecule has 0 radical (unpaired) electrons. The molecule has 0 aromatic heterocycles. The van der Waals surface area contributed by atoms with Crippen LogP contribution in [0, 0.1) is 0 Å². The lowest BCUT2D eigenvalue weighted by Gasteiger charge is -2.39. The minimum Gasteiger partial charge on any atom is -0.352 e. The molecule has 28 heavy (non-hydrogen) atoms. The summed E-state index contributed by atoms with van der Waals surface area (Å²) in [5.41, 5.74) is 1.91. The van der Waals surface area contributed by atoms with Gasteiger partial charge in [0.05, 0.1) is 0 Å². The zero-order chi connectivity index (χ0) is 19.3. The van der Waals surface area contributed by atoms with Gasteiger partial charge in [-0.2, -0.15) is 11.8 Å². The van der Waals surface area contributed by atoms with Crippen molar-refractivity contribution >= 4 is 47.6 Å². The maximum atomic E-state index is 12.7. The fourth-order valence-corrected chi connectivity index (χ4v) is 4.92. The fraction of sp³-hybridized carbons (Fsp3) is 0.619. The lowest BCUT2D eigenvalue weighted by Crippen LogP contribution is -2.50. The van der Waals surface area contributed by atoms with Gasteiger partial charge in [0.15, 0.2) is 5.96 Å². The highest BCUT2D eigenvalue weighted by Gasteiger charge is 2.28. The van der Waals surface area contributed by atoms with Crippen LogP contribution in [0.15, 0.2) is 29.3 Å². The number of rotatable bonds is 3. The SMILES string of the molecule is CN=C(NCc1cccc(C(=O)N2CCCCC2)c1)N1CCSC(C)(C)C1.I. The van der Waals surface area contributed by atoms with E-state index in [2.05, 4.69) is 35.1 Å². The summed E-state index contributed by atoms with van der Waals surface area (Å²) in [5.74, 6) is 2.22. The first-order chi connectivity index (χ1) is 13.0. The average molecular weight is 516 g/mol. The number of benzene rings is 1. The summed E-state index contributed by atoms with van der Waals surface area (Å²) < 4.78 is 0.247. The first-order valence-corrected chi connectivity index (χ1v) is 10.9. The Kier molecular flexibility index (Phi) is 8.92. The predicted molar refractivity (Wildman–Crippen MR) is 130 cm³/mol. The van der Waals surface area contributed by atoms with Crippen molar-refractivity contribution < 1.29 is 4.79 Å². The summed E-state index contributed by atoms with van der Waals surface area (Å²) in [6.07, 6.45) is 3.47. The predicted octanol–water partition coefficient (Wildman–Crippen LogP) is 3.83. The molecule has 1 N–H and O–H groups in total. The second-order valence-electron chi connectivity index (χ2n) is 7.98. The van der Waals surface area contributed by atoms with Crippen LogP contribution < -0.4 is 5.32 Å². The second-order valence-corrected chi connectivity index (χ2v) is 9.79. The van der Waals surface area contributed by atoms with Gasteiger partial charge < -0.3 is 15.1 Å². The Hall–Kier alpha value is -0.960. The summed E-state index contributed by atoms with van der Waals surface area (Å²) in [5, 5.41) is 3.48. The number of nitrogens with zero attached hydrogens (tertiary/aromatic N) is 3. The number of carbonyl (C=O) groups is 1. The number of piperidine rings is 1. The van der Waals surface area contributed by atoms with Crippen LogP contribution in [0.4, 0.5) is 0 Å². The summed E-state index contributed by atoms with van der Waals surface area (Å²) in [6.45, 7) is 9.02. The van der Waals surface area contributed by atoms with Gasteiger partial charge in [0.1, 0.15) is 0 Å². The minimum absolute atomic E-state index is 0. The van der Waals surface area contributed by atoms with Gasteiger partial charge in [0.2, 0.25) is 0 Å². The van der Waals surface area contributed by atoms with Crippen molar-refractivity contribution in [1.82, 2.24) is 15.1 Å². The Balaban J connectivity index is 0.00000280. The van der Waals surface area contributed by atoms with Crippen LogP contribution in [0.2, 0.25) is 0 Å².